The van der Waals surface area contributed by atoms with Crippen molar-refractivity contribution in [1.82, 2.24) is 15.0 Å². The smallest absolute Gasteiger partial charge is 0.0927 e. The Morgan fingerprint density at radius 3 is 2.82 bits per heavy atom. The summed E-state index contributed by atoms with van der Waals surface area (Å²) in [5.41, 5.74) is 3.72. The fourth-order valence-electron chi connectivity index (χ4n) is 1.91. The highest BCUT2D eigenvalue weighted by Crippen LogP contribution is 2.25. The van der Waals surface area contributed by atoms with Crippen LogP contribution in [-0.4, -0.2) is 15.0 Å². The maximum Gasteiger partial charge on any atom is 0.0927 e. The number of aromatic amines is 1. The predicted octanol–water partition coefficient (Wildman–Crippen LogP) is 3.02. The Morgan fingerprint density at radius 2 is 2.00 bits per heavy atom. The van der Waals surface area contributed by atoms with Gasteiger partial charge in [-0.1, -0.05) is 30.8 Å². The molecule has 3 heteroatoms. The third-order valence-corrected chi connectivity index (χ3v) is 2.77. The van der Waals surface area contributed by atoms with E-state index in [1.54, 1.807) is 12.5 Å². The molecule has 1 N–H and O–H groups in total. The van der Waals surface area contributed by atoms with Crippen LogP contribution in [0.15, 0.2) is 55.6 Å². The quantitative estimate of drug-likeness (QED) is 0.722. The fourth-order valence-corrected chi connectivity index (χ4v) is 1.91. The number of imidazole rings is 1. The van der Waals surface area contributed by atoms with Crippen molar-refractivity contribution in [3.8, 4) is 0 Å². The number of hydrogen-bond donors (Lipinski definition) is 1. The molecule has 0 aliphatic rings. The molecule has 0 aliphatic heterocycles. The van der Waals surface area contributed by atoms with E-state index in [1.165, 1.54) is 0 Å². The molecule has 3 rings (SSSR count). The zero-order valence-electron chi connectivity index (χ0n) is 9.22. The van der Waals surface area contributed by atoms with Gasteiger partial charge in [-0.05, 0) is 6.07 Å². The van der Waals surface area contributed by atoms with E-state index in [4.69, 9.17) is 0 Å². The molecule has 0 spiro atoms. The predicted molar refractivity (Wildman–Crippen MR) is 68.5 cm³/mol. The first-order chi connectivity index (χ1) is 8.36. The minimum absolute atomic E-state index is 0.850. The lowest BCUT2D eigenvalue weighted by molar-refractivity contribution is 1.30. The van der Waals surface area contributed by atoms with Crippen molar-refractivity contribution in [3.05, 3.63) is 66.9 Å². The van der Waals surface area contributed by atoms with E-state index in [0.717, 1.165) is 27.7 Å². The fraction of sp³-hybridized carbons (Fsp3) is 0. The van der Waals surface area contributed by atoms with Gasteiger partial charge in [0, 0.05) is 28.9 Å². The lowest BCUT2D eigenvalue weighted by Gasteiger charge is -2.06. The van der Waals surface area contributed by atoms with Crippen LogP contribution >= 0.6 is 0 Å². The number of nitrogens with zero attached hydrogens (tertiary/aromatic N) is 2. The first kappa shape index (κ1) is 9.78. The van der Waals surface area contributed by atoms with Crippen LogP contribution in [0.3, 0.4) is 0 Å². The van der Waals surface area contributed by atoms with Crippen LogP contribution in [0.2, 0.25) is 0 Å². The van der Waals surface area contributed by atoms with Gasteiger partial charge in [0.1, 0.15) is 0 Å². The zero-order valence-corrected chi connectivity index (χ0v) is 9.22. The second kappa shape index (κ2) is 3.87. The number of fused-ring (bicyclic) bond motifs is 1. The Bertz CT molecular complexity index is 664. The summed E-state index contributed by atoms with van der Waals surface area (Å²) in [4.78, 5) is 11.6. The first-order valence-electron chi connectivity index (χ1n) is 5.38. The molecule has 0 atom stereocenters. The summed E-state index contributed by atoms with van der Waals surface area (Å²) in [5, 5.41) is 1.11. The number of aromatic nitrogens is 3. The Morgan fingerprint density at radius 1 is 1.12 bits per heavy atom. The van der Waals surface area contributed by atoms with Crippen molar-refractivity contribution in [1.29, 1.82) is 0 Å². The molecule has 0 fully saturated rings. The molecule has 0 saturated carbocycles. The molecule has 3 nitrogen and oxygen atoms in total. The van der Waals surface area contributed by atoms with Crippen LogP contribution in [0.1, 0.15) is 11.3 Å². The molecule has 0 bridgehead atoms. The maximum atomic E-state index is 4.41. The molecule has 0 unspecified atom stereocenters. The minimum atomic E-state index is 0.850. The summed E-state index contributed by atoms with van der Waals surface area (Å²) >= 11 is 0. The zero-order chi connectivity index (χ0) is 11.7. The molecule has 0 amide bonds. The van der Waals surface area contributed by atoms with Crippen LogP contribution in [0.25, 0.3) is 16.5 Å². The molecule has 0 saturated heterocycles. The molecule has 1 aromatic carbocycles. The van der Waals surface area contributed by atoms with Gasteiger partial charge in [-0.2, -0.15) is 0 Å². The molecule has 3 aromatic rings. The number of rotatable bonds is 2. The molecular weight excluding hydrogens is 210 g/mol. The number of H-pyrrole nitrogens is 1. The molecule has 2 heterocycles. The van der Waals surface area contributed by atoms with E-state index < -0.39 is 0 Å². The Balaban J connectivity index is 2.21. The van der Waals surface area contributed by atoms with E-state index in [2.05, 4.69) is 21.5 Å². The van der Waals surface area contributed by atoms with Crippen LogP contribution in [0.5, 0.6) is 0 Å². The van der Waals surface area contributed by atoms with E-state index in [1.807, 2.05) is 36.5 Å². The molecule has 17 heavy (non-hydrogen) atoms. The van der Waals surface area contributed by atoms with Gasteiger partial charge < -0.3 is 4.98 Å². The lowest BCUT2D eigenvalue weighted by atomic mass is 10.0. The standard InChI is InChI=1S/C14H11N3/c1-10(13-8-15-9-17-13)12-6-2-4-11-5-3-7-16-14(11)12/h2-9H,1H2,(H,15,17). The number of hydrogen-bond acceptors (Lipinski definition) is 2. The van der Waals surface area contributed by atoms with Crippen molar-refractivity contribution < 1.29 is 0 Å². The summed E-state index contributed by atoms with van der Waals surface area (Å²) in [7, 11) is 0. The van der Waals surface area contributed by atoms with E-state index in [-0.39, 0.29) is 0 Å². The van der Waals surface area contributed by atoms with Gasteiger partial charge in [0.15, 0.2) is 0 Å². The summed E-state index contributed by atoms with van der Waals surface area (Å²) in [6, 6.07) is 10.1. The summed E-state index contributed by atoms with van der Waals surface area (Å²) in [5.74, 6) is 0. The van der Waals surface area contributed by atoms with Gasteiger partial charge in [-0.25, -0.2) is 4.98 Å². The van der Waals surface area contributed by atoms with Gasteiger partial charge in [-0.15, -0.1) is 0 Å². The van der Waals surface area contributed by atoms with E-state index in [0.29, 0.717) is 0 Å². The Kier molecular flexibility index (Phi) is 2.22. The van der Waals surface area contributed by atoms with Crippen LogP contribution < -0.4 is 0 Å². The Hall–Kier alpha value is -2.42. The second-order valence-corrected chi connectivity index (χ2v) is 3.81. The van der Waals surface area contributed by atoms with Crippen LogP contribution in [0.4, 0.5) is 0 Å². The largest absolute Gasteiger partial charge is 0.351 e. The summed E-state index contributed by atoms with van der Waals surface area (Å²) < 4.78 is 0. The van der Waals surface area contributed by atoms with Crippen LogP contribution in [-0.2, 0) is 0 Å². The van der Waals surface area contributed by atoms with Gasteiger partial charge in [0.05, 0.1) is 17.5 Å². The van der Waals surface area contributed by atoms with Crippen molar-refractivity contribution in [2.75, 3.05) is 0 Å². The lowest BCUT2D eigenvalue weighted by Crippen LogP contribution is -1.90. The van der Waals surface area contributed by atoms with Gasteiger partial charge in [-0.3, -0.25) is 4.98 Å². The second-order valence-electron chi connectivity index (χ2n) is 3.81. The highest BCUT2D eigenvalue weighted by atomic mass is 14.9. The highest BCUT2D eigenvalue weighted by molar-refractivity contribution is 5.93. The monoisotopic (exact) mass is 221 g/mol. The number of para-hydroxylation sites is 1. The topological polar surface area (TPSA) is 41.6 Å². The number of nitrogens with one attached hydrogen (secondary N) is 1. The van der Waals surface area contributed by atoms with Gasteiger partial charge in [0.25, 0.3) is 0 Å². The van der Waals surface area contributed by atoms with E-state index in [9.17, 15) is 0 Å². The normalized spacial score (nSPS) is 10.6. The van der Waals surface area contributed by atoms with Crippen molar-refractivity contribution in [2.45, 2.75) is 0 Å². The van der Waals surface area contributed by atoms with Gasteiger partial charge >= 0.3 is 0 Å². The SMILES string of the molecule is C=C(c1c[nH]cn1)c1cccc2cccnc12. The maximum absolute atomic E-state index is 4.41. The molecule has 2 aromatic heterocycles. The highest BCUT2D eigenvalue weighted by Gasteiger charge is 2.08. The molecule has 82 valence electrons. The summed E-state index contributed by atoms with van der Waals surface area (Å²) in [6.45, 7) is 4.10. The minimum Gasteiger partial charge on any atom is -0.351 e. The third kappa shape index (κ3) is 1.61. The van der Waals surface area contributed by atoms with Crippen LogP contribution in [0, 0.1) is 0 Å². The van der Waals surface area contributed by atoms with Crippen molar-refractivity contribution in [2.24, 2.45) is 0 Å². The Labute approximate surface area is 98.9 Å². The molecule has 0 radical (unpaired) electrons. The number of pyridine rings is 1. The van der Waals surface area contributed by atoms with E-state index >= 15 is 0 Å². The third-order valence-electron chi connectivity index (χ3n) is 2.77. The van der Waals surface area contributed by atoms with Crippen molar-refractivity contribution >= 4 is 16.5 Å². The summed E-state index contributed by atoms with van der Waals surface area (Å²) in [6.07, 6.45) is 5.28. The average molecular weight is 221 g/mol. The number of benzene rings is 1. The molecule has 0 aliphatic carbocycles. The molecular formula is C14H11N3. The van der Waals surface area contributed by atoms with Gasteiger partial charge in [0.2, 0.25) is 0 Å². The van der Waals surface area contributed by atoms with Crippen molar-refractivity contribution in [3.63, 3.8) is 0 Å². The average Bonchev–Trinajstić information content (AvgIpc) is 2.91. The first-order valence-corrected chi connectivity index (χ1v) is 5.38.